The van der Waals surface area contributed by atoms with Crippen molar-refractivity contribution >= 4 is 0 Å². The summed E-state index contributed by atoms with van der Waals surface area (Å²) < 4.78 is 5.24. The largest absolute Gasteiger partial charge is 0.382 e. The summed E-state index contributed by atoms with van der Waals surface area (Å²) in [5.41, 5.74) is 0. The van der Waals surface area contributed by atoms with Crippen molar-refractivity contribution in [3.8, 4) is 12.3 Å². The molecule has 0 saturated carbocycles. The maximum atomic E-state index is 5.35. The van der Waals surface area contributed by atoms with Crippen LogP contribution in [0.5, 0.6) is 0 Å². The quantitative estimate of drug-likeness (QED) is 0.531. The molecule has 0 radical (unpaired) electrons. The van der Waals surface area contributed by atoms with Crippen LogP contribution < -0.4 is 0 Å². The van der Waals surface area contributed by atoms with E-state index < -0.39 is 0 Å². The van der Waals surface area contributed by atoms with Crippen LogP contribution in [0.2, 0.25) is 0 Å². The fourth-order valence-corrected chi connectivity index (χ4v) is 1.87. The van der Waals surface area contributed by atoms with Gasteiger partial charge in [0.15, 0.2) is 0 Å². The minimum atomic E-state index is 0.411. The van der Waals surface area contributed by atoms with E-state index in [1.165, 1.54) is 38.5 Å². The summed E-state index contributed by atoms with van der Waals surface area (Å²) in [7, 11) is 1.79. The van der Waals surface area contributed by atoms with E-state index in [2.05, 4.69) is 26.7 Å². The number of methoxy groups -OCH3 is 1. The van der Waals surface area contributed by atoms with E-state index in [-0.39, 0.29) is 0 Å². The zero-order valence-electron chi connectivity index (χ0n) is 11.5. The highest BCUT2D eigenvalue weighted by Crippen LogP contribution is 2.18. The van der Waals surface area contributed by atoms with Crippen molar-refractivity contribution in [3.63, 3.8) is 0 Å². The van der Waals surface area contributed by atoms with E-state index in [0.29, 0.717) is 12.0 Å². The van der Waals surface area contributed by atoms with Crippen LogP contribution in [0.1, 0.15) is 59.3 Å². The summed E-state index contributed by atoms with van der Waals surface area (Å²) in [6.07, 6.45) is 13.3. The van der Waals surface area contributed by atoms with Gasteiger partial charge < -0.3 is 4.74 Å². The molecule has 94 valence electrons. The van der Waals surface area contributed by atoms with Crippen LogP contribution in [0.15, 0.2) is 0 Å². The molecule has 0 amide bonds. The van der Waals surface area contributed by atoms with Gasteiger partial charge in [-0.1, -0.05) is 39.5 Å². The van der Waals surface area contributed by atoms with E-state index in [1.54, 1.807) is 7.11 Å². The molecule has 3 atom stereocenters. The Balaban J connectivity index is 3.38. The highest BCUT2D eigenvalue weighted by Gasteiger charge is 2.05. The van der Waals surface area contributed by atoms with Crippen molar-refractivity contribution in [2.75, 3.05) is 7.11 Å². The van der Waals surface area contributed by atoms with Gasteiger partial charge in [0, 0.05) is 13.0 Å². The predicted octanol–water partition coefficient (Wildman–Crippen LogP) is 4.27. The second-order valence-corrected chi connectivity index (χ2v) is 5.08. The second-order valence-electron chi connectivity index (χ2n) is 5.08. The molecule has 0 N–H and O–H groups in total. The van der Waals surface area contributed by atoms with Crippen molar-refractivity contribution in [1.82, 2.24) is 0 Å². The zero-order valence-corrected chi connectivity index (χ0v) is 11.5. The molecule has 0 aromatic rings. The highest BCUT2D eigenvalue weighted by atomic mass is 16.5. The Morgan fingerprint density at radius 3 is 2.06 bits per heavy atom. The minimum Gasteiger partial charge on any atom is -0.382 e. The monoisotopic (exact) mass is 224 g/mol. The Morgan fingerprint density at radius 1 is 1.00 bits per heavy atom. The summed E-state index contributed by atoms with van der Waals surface area (Å²) in [5, 5.41) is 0. The average Bonchev–Trinajstić information content (AvgIpc) is 2.28. The van der Waals surface area contributed by atoms with Gasteiger partial charge in [-0.05, 0) is 25.7 Å². The van der Waals surface area contributed by atoms with Crippen molar-refractivity contribution in [2.24, 2.45) is 11.8 Å². The molecule has 1 nitrogen and oxygen atoms in total. The number of rotatable bonds is 9. The Kier molecular flexibility index (Phi) is 9.43. The van der Waals surface area contributed by atoms with Gasteiger partial charge in [0.2, 0.25) is 0 Å². The molecule has 0 aromatic carbocycles. The van der Waals surface area contributed by atoms with Crippen LogP contribution in [-0.4, -0.2) is 13.2 Å². The maximum Gasteiger partial charge on any atom is 0.0543 e. The Hall–Kier alpha value is -0.480. The van der Waals surface area contributed by atoms with Crippen LogP contribution in [0.25, 0.3) is 0 Å². The molecule has 0 aliphatic rings. The van der Waals surface area contributed by atoms with Gasteiger partial charge >= 0.3 is 0 Å². The van der Waals surface area contributed by atoms with Gasteiger partial charge in [0.05, 0.1) is 6.10 Å². The molecule has 0 bridgehead atoms. The van der Waals surface area contributed by atoms with E-state index in [9.17, 15) is 0 Å². The summed E-state index contributed by atoms with van der Waals surface area (Å²) in [6.45, 7) is 6.61. The van der Waals surface area contributed by atoms with Gasteiger partial charge in [0.25, 0.3) is 0 Å². The first-order chi connectivity index (χ1) is 7.60. The molecular weight excluding hydrogens is 196 g/mol. The summed E-state index contributed by atoms with van der Waals surface area (Å²) >= 11 is 0. The van der Waals surface area contributed by atoms with E-state index >= 15 is 0 Å². The molecule has 0 fully saturated rings. The molecule has 1 heteroatoms. The smallest absolute Gasteiger partial charge is 0.0543 e. The molecule has 0 aliphatic carbocycles. The summed E-state index contributed by atoms with van der Waals surface area (Å²) in [6, 6.07) is 0. The number of ether oxygens (including phenoxy) is 1. The van der Waals surface area contributed by atoms with Crippen molar-refractivity contribution < 1.29 is 4.74 Å². The molecule has 0 heterocycles. The second kappa shape index (κ2) is 9.73. The Bertz CT molecular complexity index is 192. The minimum absolute atomic E-state index is 0.411. The zero-order chi connectivity index (χ0) is 12.4. The van der Waals surface area contributed by atoms with Crippen molar-refractivity contribution in [1.29, 1.82) is 0 Å². The van der Waals surface area contributed by atoms with Crippen molar-refractivity contribution in [2.45, 2.75) is 65.4 Å². The van der Waals surface area contributed by atoms with Crippen LogP contribution >= 0.6 is 0 Å². The molecule has 0 aromatic heterocycles. The average molecular weight is 224 g/mol. The normalized spacial score (nSPS) is 16.4. The Morgan fingerprint density at radius 2 is 1.56 bits per heavy atom. The van der Waals surface area contributed by atoms with E-state index in [1.807, 2.05) is 0 Å². The first-order valence-corrected chi connectivity index (χ1v) is 6.59. The SMILES string of the molecule is C#CC(C)CCCC(C)CCCC(C)OC. The Labute approximate surface area is 102 Å². The molecule has 3 unspecified atom stereocenters. The standard InChI is InChI=1S/C15H28O/c1-6-13(2)9-7-10-14(3)11-8-12-15(4)16-5/h1,13-15H,7-12H2,2-5H3. The molecular formula is C15H28O. The first kappa shape index (κ1) is 15.5. The summed E-state index contributed by atoms with van der Waals surface area (Å²) in [4.78, 5) is 0. The molecule has 16 heavy (non-hydrogen) atoms. The predicted molar refractivity (Wildman–Crippen MR) is 71.3 cm³/mol. The third kappa shape index (κ3) is 8.80. The lowest BCUT2D eigenvalue weighted by atomic mass is 9.95. The van der Waals surface area contributed by atoms with Gasteiger partial charge in [-0.15, -0.1) is 12.3 Å². The lowest BCUT2D eigenvalue weighted by molar-refractivity contribution is 0.107. The van der Waals surface area contributed by atoms with Gasteiger partial charge in [-0.3, -0.25) is 0 Å². The van der Waals surface area contributed by atoms with Crippen LogP contribution in [0.3, 0.4) is 0 Å². The molecule has 0 aliphatic heterocycles. The third-order valence-corrected chi connectivity index (χ3v) is 3.33. The lowest BCUT2D eigenvalue weighted by Crippen LogP contribution is -2.05. The topological polar surface area (TPSA) is 9.23 Å². The van der Waals surface area contributed by atoms with E-state index in [0.717, 1.165) is 5.92 Å². The third-order valence-electron chi connectivity index (χ3n) is 3.33. The number of hydrogen-bond donors (Lipinski definition) is 0. The molecule has 0 rings (SSSR count). The molecule has 0 spiro atoms. The summed E-state index contributed by atoms with van der Waals surface area (Å²) in [5.74, 6) is 4.06. The number of terminal acetylenes is 1. The fraction of sp³-hybridized carbons (Fsp3) is 0.867. The van der Waals surface area contributed by atoms with Crippen LogP contribution in [0, 0.1) is 24.2 Å². The number of hydrogen-bond acceptors (Lipinski definition) is 1. The van der Waals surface area contributed by atoms with Gasteiger partial charge in [-0.25, -0.2) is 0 Å². The van der Waals surface area contributed by atoms with Gasteiger partial charge in [0.1, 0.15) is 0 Å². The highest BCUT2D eigenvalue weighted by molar-refractivity contribution is 4.89. The van der Waals surface area contributed by atoms with Crippen LogP contribution in [-0.2, 0) is 4.74 Å². The molecule has 0 saturated heterocycles. The maximum absolute atomic E-state index is 5.35. The first-order valence-electron chi connectivity index (χ1n) is 6.59. The van der Waals surface area contributed by atoms with Crippen molar-refractivity contribution in [3.05, 3.63) is 0 Å². The fourth-order valence-electron chi connectivity index (χ4n) is 1.87. The lowest BCUT2D eigenvalue weighted by Gasteiger charge is -2.13. The van der Waals surface area contributed by atoms with Gasteiger partial charge in [-0.2, -0.15) is 0 Å². The van der Waals surface area contributed by atoms with Crippen LogP contribution in [0.4, 0.5) is 0 Å². The van der Waals surface area contributed by atoms with E-state index in [4.69, 9.17) is 11.2 Å².